The fourth-order valence-corrected chi connectivity index (χ4v) is 8.40. The van der Waals surface area contributed by atoms with E-state index in [9.17, 15) is 0 Å². The maximum absolute atomic E-state index is 6.52. The molecule has 0 atom stereocenters. The predicted octanol–water partition coefficient (Wildman–Crippen LogP) is 11.9. The zero-order valence-corrected chi connectivity index (χ0v) is 30.5. The van der Waals surface area contributed by atoms with Crippen molar-refractivity contribution in [1.29, 1.82) is 0 Å². The summed E-state index contributed by atoms with van der Waals surface area (Å²) in [5, 5.41) is 0. The Kier molecular flexibility index (Phi) is 7.14. The van der Waals surface area contributed by atoms with Gasteiger partial charge in [-0.05, 0) is 57.6 Å². The number of fused-ring (bicyclic) bond motifs is 4. The molecule has 1 aliphatic heterocycles. The number of hydrogen-bond donors (Lipinski definition) is 0. The molecule has 0 N–H and O–H groups in total. The second kappa shape index (κ2) is 11.6. The monoisotopic (exact) mass is 675 g/mol. The molecular weight excluding hydrogens is 635 g/mol. The van der Waals surface area contributed by atoms with Crippen LogP contribution in [0.4, 0.5) is 0 Å². The summed E-state index contributed by atoms with van der Waals surface area (Å²) in [7, 11) is 0. The third-order valence-corrected chi connectivity index (χ3v) is 11.5. The first kappa shape index (κ1) is 32.1. The van der Waals surface area contributed by atoms with E-state index in [1.165, 1.54) is 38.9 Å². The van der Waals surface area contributed by atoms with Gasteiger partial charge >= 0.3 is 0 Å². The van der Waals surface area contributed by atoms with E-state index < -0.39 is 0 Å². The number of para-hydroxylation sites is 1. The Morgan fingerprint density at radius 1 is 0.327 bits per heavy atom. The molecule has 0 radical (unpaired) electrons. The third-order valence-electron chi connectivity index (χ3n) is 11.5. The molecule has 4 nitrogen and oxygen atoms in total. The Morgan fingerprint density at radius 2 is 0.731 bits per heavy atom. The minimum absolute atomic E-state index is 0.145. The summed E-state index contributed by atoms with van der Waals surface area (Å²) < 4.78 is 6.52. The van der Waals surface area contributed by atoms with Crippen LogP contribution in [-0.2, 0) is 16.2 Å². The SMILES string of the molecule is CC1(C)c2ccccc2Oc2cc(-c3ccc4c(c3)C(C)(C)c3cc(-c5nc(-c6ccccc6)nc(-c6ccccc6)n5)ccc3C4(C)C)ccc21. The first-order chi connectivity index (χ1) is 25.0. The molecule has 2 aliphatic rings. The fourth-order valence-electron chi connectivity index (χ4n) is 8.40. The van der Waals surface area contributed by atoms with Crippen LogP contribution in [0.5, 0.6) is 11.5 Å². The van der Waals surface area contributed by atoms with Crippen LogP contribution in [0.1, 0.15) is 74.9 Å². The summed E-state index contributed by atoms with van der Waals surface area (Å²) in [5.41, 5.74) is 12.3. The Labute approximate surface area is 306 Å². The van der Waals surface area contributed by atoms with E-state index in [0.717, 1.165) is 33.8 Å². The van der Waals surface area contributed by atoms with Gasteiger partial charge in [-0.25, -0.2) is 15.0 Å². The van der Waals surface area contributed by atoms with Crippen LogP contribution in [0, 0.1) is 0 Å². The smallest absolute Gasteiger partial charge is 0.164 e. The Balaban J connectivity index is 1.15. The summed E-state index contributed by atoms with van der Waals surface area (Å²) >= 11 is 0. The number of hydrogen-bond acceptors (Lipinski definition) is 4. The molecule has 7 aromatic rings. The summed E-state index contributed by atoms with van der Waals surface area (Å²) in [6.07, 6.45) is 0. The molecule has 4 heteroatoms. The van der Waals surface area contributed by atoms with E-state index in [2.05, 4.69) is 139 Å². The van der Waals surface area contributed by atoms with Crippen molar-refractivity contribution in [3.63, 3.8) is 0 Å². The van der Waals surface area contributed by atoms with Gasteiger partial charge in [0.1, 0.15) is 11.5 Å². The molecule has 1 aromatic heterocycles. The van der Waals surface area contributed by atoms with Crippen molar-refractivity contribution in [2.45, 2.75) is 57.8 Å². The van der Waals surface area contributed by atoms with Crippen molar-refractivity contribution in [3.05, 3.63) is 173 Å². The van der Waals surface area contributed by atoms with Gasteiger partial charge in [0.25, 0.3) is 0 Å². The molecule has 0 unspecified atom stereocenters. The van der Waals surface area contributed by atoms with Crippen molar-refractivity contribution >= 4 is 0 Å². The molecule has 1 aliphatic carbocycles. The topological polar surface area (TPSA) is 47.9 Å². The number of ether oxygens (including phenoxy) is 1. The molecule has 52 heavy (non-hydrogen) atoms. The first-order valence-corrected chi connectivity index (χ1v) is 18.1. The van der Waals surface area contributed by atoms with Gasteiger partial charge in [-0.2, -0.15) is 0 Å². The van der Waals surface area contributed by atoms with E-state index in [0.29, 0.717) is 17.5 Å². The molecule has 2 heterocycles. The molecule has 0 amide bonds. The van der Waals surface area contributed by atoms with E-state index in [1.807, 2.05) is 42.5 Å². The Hall–Kier alpha value is -5.87. The highest BCUT2D eigenvalue weighted by atomic mass is 16.5. The lowest BCUT2D eigenvalue weighted by Crippen LogP contribution is -2.36. The van der Waals surface area contributed by atoms with Crippen molar-refractivity contribution in [1.82, 2.24) is 15.0 Å². The van der Waals surface area contributed by atoms with E-state index >= 15 is 0 Å². The van der Waals surface area contributed by atoms with Crippen LogP contribution in [0.2, 0.25) is 0 Å². The van der Waals surface area contributed by atoms with Gasteiger partial charge < -0.3 is 4.74 Å². The normalized spacial score (nSPS) is 15.7. The molecule has 254 valence electrons. The highest BCUT2D eigenvalue weighted by Gasteiger charge is 2.42. The molecule has 0 saturated heterocycles. The lowest BCUT2D eigenvalue weighted by atomic mass is 9.59. The standard InChI is InChI=1S/C48H41N3O/c1-46(2)35-24-21-32(33-22-26-38-42(29-33)52-41-20-14-13-19-37(41)47(38,3)4)27-39(35)48(5,6)40-28-34(23-25-36(40)46)45-50-43(30-15-9-7-10-16-30)49-44(51-45)31-17-11-8-12-18-31/h7-29H,1-6H3. The van der Waals surface area contributed by atoms with Crippen LogP contribution in [0.3, 0.4) is 0 Å². The van der Waals surface area contributed by atoms with E-state index in [-0.39, 0.29) is 16.2 Å². The van der Waals surface area contributed by atoms with E-state index in [1.54, 1.807) is 0 Å². The maximum atomic E-state index is 6.52. The first-order valence-electron chi connectivity index (χ1n) is 18.1. The second-order valence-electron chi connectivity index (χ2n) is 15.7. The Bertz CT molecular complexity index is 2460. The van der Waals surface area contributed by atoms with Crippen molar-refractivity contribution < 1.29 is 4.74 Å². The van der Waals surface area contributed by atoms with Crippen molar-refractivity contribution in [2.75, 3.05) is 0 Å². The van der Waals surface area contributed by atoms with Crippen LogP contribution in [-0.4, -0.2) is 15.0 Å². The van der Waals surface area contributed by atoms with Gasteiger partial charge in [-0.1, -0.05) is 157 Å². The second-order valence-corrected chi connectivity index (χ2v) is 15.7. The Morgan fingerprint density at radius 3 is 1.33 bits per heavy atom. The van der Waals surface area contributed by atoms with Crippen molar-refractivity contribution in [3.8, 4) is 56.8 Å². The van der Waals surface area contributed by atoms with Crippen LogP contribution >= 0.6 is 0 Å². The van der Waals surface area contributed by atoms with Gasteiger partial charge in [0, 0.05) is 44.1 Å². The summed E-state index contributed by atoms with van der Waals surface area (Å²) in [6, 6.07) is 49.2. The minimum atomic E-state index is -0.282. The molecule has 0 saturated carbocycles. The van der Waals surface area contributed by atoms with Crippen LogP contribution in [0.25, 0.3) is 45.3 Å². The van der Waals surface area contributed by atoms with Gasteiger partial charge in [-0.3, -0.25) is 0 Å². The lowest BCUT2D eigenvalue weighted by Gasteiger charge is -2.44. The molecule has 6 aromatic carbocycles. The number of rotatable bonds is 4. The summed E-state index contributed by atoms with van der Waals surface area (Å²) in [6.45, 7) is 13.9. The quantitative estimate of drug-likeness (QED) is 0.186. The maximum Gasteiger partial charge on any atom is 0.164 e. The average molecular weight is 676 g/mol. The molecule has 0 bridgehead atoms. The van der Waals surface area contributed by atoms with Crippen LogP contribution < -0.4 is 4.74 Å². The lowest BCUT2D eigenvalue weighted by molar-refractivity contribution is 0.418. The van der Waals surface area contributed by atoms with E-state index in [4.69, 9.17) is 19.7 Å². The minimum Gasteiger partial charge on any atom is -0.457 e. The van der Waals surface area contributed by atoms with Gasteiger partial charge in [0.05, 0.1) is 0 Å². The molecule has 9 rings (SSSR count). The largest absolute Gasteiger partial charge is 0.457 e. The highest BCUT2D eigenvalue weighted by Crippen LogP contribution is 2.52. The number of benzene rings is 6. The summed E-state index contributed by atoms with van der Waals surface area (Å²) in [4.78, 5) is 15.0. The number of aromatic nitrogens is 3. The van der Waals surface area contributed by atoms with Gasteiger partial charge in [-0.15, -0.1) is 0 Å². The zero-order valence-electron chi connectivity index (χ0n) is 30.5. The molecule has 0 spiro atoms. The highest BCUT2D eigenvalue weighted by molar-refractivity contribution is 5.74. The van der Waals surface area contributed by atoms with Gasteiger partial charge in [0.2, 0.25) is 0 Å². The van der Waals surface area contributed by atoms with Crippen LogP contribution in [0.15, 0.2) is 140 Å². The average Bonchev–Trinajstić information content (AvgIpc) is 3.17. The fraction of sp³-hybridized carbons (Fsp3) is 0.188. The summed E-state index contributed by atoms with van der Waals surface area (Å²) in [5.74, 6) is 3.86. The molecular formula is C48H41N3O. The zero-order chi connectivity index (χ0) is 35.8. The third kappa shape index (κ3) is 5.00. The van der Waals surface area contributed by atoms with Crippen molar-refractivity contribution in [2.24, 2.45) is 0 Å². The van der Waals surface area contributed by atoms with Gasteiger partial charge in [0.15, 0.2) is 17.5 Å². The number of nitrogens with zero attached hydrogens (tertiary/aromatic N) is 3. The predicted molar refractivity (Wildman–Crippen MR) is 211 cm³/mol. The molecule has 0 fully saturated rings.